The Morgan fingerprint density at radius 3 is 2.35 bits per heavy atom. The van der Waals surface area contributed by atoms with Crippen molar-refractivity contribution in [3.63, 3.8) is 0 Å². The van der Waals surface area contributed by atoms with Gasteiger partial charge in [0.05, 0.1) is 26.1 Å². The molecule has 0 unspecified atom stereocenters. The average molecular weight is 276 g/mol. The van der Waals surface area contributed by atoms with Crippen molar-refractivity contribution in [3.05, 3.63) is 53.5 Å². The second kappa shape index (κ2) is 7.72. The van der Waals surface area contributed by atoms with Crippen molar-refractivity contribution in [2.45, 2.75) is 32.5 Å². The third-order valence-corrected chi connectivity index (χ3v) is 3.06. The maximum absolute atomic E-state index is 9.15. The Morgan fingerprint density at radius 1 is 1.00 bits per heavy atom. The van der Waals surface area contributed by atoms with Gasteiger partial charge in [-0.1, -0.05) is 6.07 Å². The largest absolute Gasteiger partial charge is 0.494 e. The summed E-state index contributed by atoms with van der Waals surface area (Å²) in [6.45, 7) is 0.506. The molecule has 0 saturated carbocycles. The lowest BCUT2D eigenvalue weighted by molar-refractivity contribution is 0.270. The molecule has 108 valence electrons. The Bertz CT molecular complexity index is 483. The minimum Gasteiger partial charge on any atom is -0.494 e. The minimum atomic E-state index is -0.0529. The number of benzene rings is 1. The van der Waals surface area contributed by atoms with Crippen LogP contribution in [0, 0.1) is 0 Å². The van der Waals surface area contributed by atoms with Crippen molar-refractivity contribution >= 4 is 0 Å². The number of rotatable bonds is 8. The summed E-state index contributed by atoms with van der Waals surface area (Å²) in [6.07, 6.45) is 4.52. The zero-order chi connectivity index (χ0) is 14.2. The van der Waals surface area contributed by atoms with Gasteiger partial charge in [0.2, 0.25) is 0 Å². The normalized spacial score (nSPS) is 10.7. The molecular weight excluding hydrogens is 256 g/mol. The highest BCUT2D eigenvalue weighted by atomic mass is 16.5. The van der Waals surface area contributed by atoms with Crippen LogP contribution in [0.1, 0.15) is 29.7 Å². The van der Waals surface area contributed by atoms with E-state index in [1.807, 2.05) is 12.1 Å². The van der Waals surface area contributed by atoms with E-state index in [0.717, 1.165) is 36.1 Å². The summed E-state index contributed by atoms with van der Waals surface area (Å²) in [7, 11) is 0. The number of unbranched alkanes of at least 4 members (excludes halogenated alkanes) is 1. The molecule has 0 fully saturated rings. The predicted octanol–water partition coefficient (Wildman–Crippen LogP) is 2.67. The van der Waals surface area contributed by atoms with Crippen molar-refractivity contribution in [2.75, 3.05) is 6.61 Å². The molecule has 0 amide bonds. The lowest BCUT2D eigenvalue weighted by Gasteiger charge is -2.09. The first kappa shape index (κ1) is 14.6. The molecule has 1 aromatic carbocycles. The minimum absolute atomic E-state index is 0.0529. The molecule has 0 spiro atoms. The monoisotopic (exact) mass is 276 g/mol. The van der Waals surface area contributed by atoms with E-state index in [2.05, 4.69) is 0 Å². The second-order valence-electron chi connectivity index (χ2n) is 4.69. The Morgan fingerprint density at radius 2 is 1.75 bits per heavy atom. The SMILES string of the molecule is OCc1cc(CO)cc(OCCCCc2ccco2)c1. The second-order valence-corrected chi connectivity index (χ2v) is 4.69. The highest BCUT2D eigenvalue weighted by Gasteiger charge is 2.02. The topological polar surface area (TPSA) is 62.8 Å². The maximum atomic E-state index is 9.15. The molecule has 2 rings (SSSR count). The molecule has 4 heteroatoms. The molecule has 0 bridgehead atoms. The van der Waals surface area contributed by atoms with E-state index in [4.69, 9.17) is 19.4 Å². The highest BCUT2D eigenvalue weighted by Crippen LogP contribution is 2.18. The van der Waals surface area contributed by atoms with Crippen LogP contribution in [0.2, 0.25) is 0 Å². The van der Waals surface area contributed by atoms with Crippen LogP contribution in [0.5, 0.6) is 5.75 Å². The van der Waals surface area contributed by atoms with Crippen LogP contribution in [0.15, 0.2) is 41.0 Å². The van der Waals surface area contributed by atoms with Crippen LogP contribution in [-0.4, -0.2) is 16.8 Å². The summed E-state index contributed by atoms with van der Waals surface area (Å²) in [6, 6.07) is 9.23. The lowest BCUT2D eigenvalue weighted by atomic mass is 10.1. The molecule has 0 aliphatic heterocycles. The van der Waals surface area contributed by atoms with Crippen molar-refractivity contribution in [1.29, 1.82) is 0 Å². The summed E-state index contributed by atoms with van der Waals surface area (Å²) in [5.74, 6) is 1.69. The third-order valence-electron chi connectivity index (χ3n) is 3.06. The van der Waals surface area contributed by atoms with Crippen LogP contribution in [0.25, 0.3) is 0 Å². The maximum Gasteiger partial charge on any atom is 0.120 e. The number of ether oxygens (including phenoxy) is 1. The Hall–Kier alpha value is -1.78. The fourth-order valence-corrected chi connectivity index (χ4v) is 2.04. The van der Waals surface area contributed by atoms with Crippen LogP contribution in [0.4, 0.5) is 0 Å². The average Bonchev–Trinajstić information content (AvgIpc) is 2.99. The summed E-state index contributed by atoms with van der Waals surface area (Å²) < 4.78 is 10.9. The van der Waals surface area contributed by atoms with Crippen LogP contribution >= 0.6 is 0 Å². The van der Waals surface area contributed by atoms with E-state index in [-0.39, 0.29) is 13.2 Å². The number of furan rings is 1. The van der Waals surface area contributed by atoms with E-state index in [9.17, 15) is 0 Å². The van der Waals surface area contributed by atoms with E-state index in [1.165, 1.54) is 0 Å². The van der Waals surface area contributed by atoms with Crippen molar-refractivity contribution < 1.29 is 19.4 Å². The van der Waals surface area contributed by atoms with Gasteiger partial charge in [-0.25, -0.2) is 0 Å². The van der Waals surface area contributed by atoms with Gasteiger partial charge in [0.25, 0.3) is 0 Å². The fourth-order valence-electron chi connectivity index (χ4n) is 2.04. The van der Waals surface area contributed by atoms with Gasteiger partial charge in [-0.05, 0) is 48.2 Å². The van der Waals surface area contributed by atoms with Gasteiger partial charge in [-0.2, -0.15) is 0 Å². The lowest BCUT2D eigenvalue weighted by Crippen LogP contribution is -2.00. The van der Waals surface area contributed by atoms with E-state index in [1.54, 1.807) is 24.5 Å². The van der Waals surface area contributed by atoms with Crippen LogP contribution in [-0.2, 0) is 19.6 Å². The smallest absolute Gasteiger partial charge is 0.120 e. The van der Waals surface area contributed by atoms with Crippen molar-refractivity contribution in [2.24, 2.45) is 0 Å². The molecule has 0 atom stereocenters. The molecular formula is C16H20O4. The molecule has 1 heterocycles. The number of aryl methyl sites for hydroxylation is 1. The first-order chi connectivity index (χ1) is 9.81. The van der Waals surface area contributed by atoms with E-state index in [0.29, 0.717) is 12.4 Å². The molecule has 1 aromatic heterocycles. The molecule has 0 aliphatic rings. The van der Waals surface area contributed by atoms with Crippen molar-refractivity contribution in [1.82, 2.24) is 0 Å². The van der Waals surface area contributed by atoms with E-state index < -0.39 is 0 Å². The summed E-state index contributed by atoms with van der Waals surface area (Å²) in [5.41, 5.74) is 1.50. The Labute approximate surface area is 118 Å². The number of aliphatic hydroxyl groups is 2. The standard InChI is InChI=1S/C16H20O4/c17-11-13-8-14(12-18)10-16(9-13)20-6-2-1-4-15-5-3-7-19-15/h3,5,7-10,17-18H,1-2,4,6,11-12H2. The van der Waals surface area contributed by atoms with Gasteiger partial charge < -0.3 is 19.4 Å². The molecule has 0 saturated heterocycles. The molecule has 2 N–H and O–H groups in total. The van der Waals surface area contributed by atoms with Gasteiger partial charge in [0, 0.05) is 6.42 Å². The van der Waals surface area contributed by atoms with Gasteiger partial charge >= 0.3 is 0 Å². The van der Waals surface area contributed by atoms with Crippen molar-refractivity contribution in [3.8, 4) is 5.75 Å². The zero-order valence-corrected chi connectivity index (χ0v) is 11.4. The number of aliphatic hydroxyl groups excluding tert-OH is 2. The van der Waals surface area contributed by atoms with Crippen LogP contribution in [0.3, 0.4) is 0 Å². The molecule has 0 aliphatic carbocycles. The number of hydrogen-bond donors (Lipinski definition) is 2. The first-order valence-electron chi connectivity index (χ1n) is 6.81. The fraction of sp³-hybridized carbons (Fsp3) is 0.375. The van der Waals surface area contributed by atoms with E-state index >= 15 is 0 Å². The Balaban J connectivity index is 1.75. The molecule has 2 aromatic rings. The summed E-state index contributed by atoms with van der Waals surface area (Å²) in [4.78, 5) is 0. The van der Waals surface area contributed by atoms with Gasteiger partial charge in [-0.3, -0.25) is 0 Å². The number of hydrogen-bond acceptors (Lipinski definition) is 4. The van der Waals surface area contributed by atoms with Gasteiger partial charge in [0.1, 0.15) is 11.5 Å². The van der Waals surface area contributed by atoms with Gasteiger partial charge in [0.15, 0.2) is 0 Å². The van der Waals surface area contributed by atoms with Crippen LogP contribution < -0.4 is 4.74 Å². The zero-order valence-electron chi connectivity index (χ0n) is 11.4. The molecule has 20 heavy (non-hydrogen) atoms. The quantitative estimate of drug-likeness (QED) is 0.728. The third kappa shape index (κ3) is 4.40. The predicted molar refractivity (Wildman–Crippen MR) is 75.4 cm³/mol. The Kier molecular flexibility index (Phi) is 5.65. The molecule has 0 radical (unpaired) electrons. The first-order valence-corrected chi connectivity index (χ1v) is 6.81. The summed E-state index contributed by atoms with van der Waals surface area (Å²) >= 11 is 0. The van der Waals surface area contributed by atoms with Gasteiger partial charge in [-0.15, -0.1) is 0 Å². The highest BCUT2D eigenvalue weighted by molar-refractivity contribution is 5.33. The summed E-state index contributed by atoms with van der Waals surface area (Å²) in [5, 5.41) is 18.3. The molecule has 4 nitrogen and oxygen atoms in total.